The lowest BCUT2D eigenvalue weighted by molar-refractivity contribution is 0.415. The molecule has 0 N–H and O–H groups in total. The summed E-state index contributed by atoms with van der Waals surface area (Å²) in [5.74, 6) is 1.48. The van der Waals surface area contributed by atoms with E-state index in [2.05, 4.69) is 259 Å². The molecule has 0 radical (unpaired) electrons. The van der Waals surface area contributed by atoms with E-state index in [-0.39, 0.29) is 0 Å². The number of rotatable bonds is 8. The summed E-state index contributed by atoms with van der Waals surface area (Å²) in [7, 11) is 3.46. The van der Waals surface area contributed by atoms with Gasteiger partial charge in [-0.25, -0.2) is 0 Å². The first-order valence-electron chi connectivity index (χ1n) is 27.8. The molecule has 17 rings (SSSR count). The maximum Gasteiger partial charge on any atom is 0.119 e. The summed E-state index contributed by atoms with van der Waals surface area (Å²) in [5.41, 5.74) is 16.6. The minimum Gasteiger partial charge on any atom is -0.497 e. The van der Waals surface area contributed by atoms with Gasteiger partial charge in [-0.1, -0.05) is 146 Å². The molecule has 0 fully saturated rings. The van der Waals surface area contributed by atoms with Crippen molar-refractivity contribution >= 4 is 109 Å². The van der Waals surface area contributed by atoms with Crippen molar-refractivity contribution in [1.29, 1.82) is 5.26 Å². The number of aromatic nitrogens is 6. The van der Waals surface area contributed by atoms with Crippen molar-refractivity contribution in [2.45, 2.75) is 0 Å². The molecule has 0 amide bonds. The number of fused-ring (bicyclic) bond motifs is 15. The summed E-state index contributed by atoms with van der Waals surface area (Å²) in [6.07, 6.45) is 1.72. The summed E-state index contributed by atoms with van der Waals surface area (Å²) in [6.45, 7) is 0. The fourth-order valence-electron chi connectivity index (χ4n) is 13.7. The molecule has 17 aromatic rings. The highest BCUT2D eigenvalue weighted by molar-refractivity contribution is 6.19. The molecule has 0 spiro atoms. The average molecular weight is 1070 g/mol. The van der Waals surface area contributed by atoms with Crippen molar-refractivity contribution in [3.8, 4) is 57.3 Å². The third kappa shape index (κ3) is 6.48. The van der Waals surface area contributed by atoms with Gasteiger partial charge in [0.2, 0.25) is 0 Å². The number of pyridine rings is 1. The van der Waals surface area contributed by atoms with Crippen molar-refractivity contribution in [2.75, 3.05) is 14.2 Å². The first kappa shape index (κ1) is 46.6. The van der Waals surface area contributed by atoms with Crippen LogP contribution in [-0.2, 0) is 0 Å². The normalized spacial score (nSPS) is 12.0. The zero-order valence-electron chi connectivity index (χ0n) is 45.1. The van der Waals surface area contributed by atoms with E-state index in [0.29, 0.717) is 11.3 Å². The van der Waals surface area contributed by atoms with Gasteiger partial charge < -0.3 is 32.3 Å². The van der Waals surface area contributed by atoms with Gasteiger partial charge in [0.05, 0.1) is 115 Å². The molecule has 11 aromatic carbocycles. The number of ether oxygens (including phenoxy) is 2. The van der Waals surface area contributed by atoms with Crippen LogP contribution in [0.5, 0.6) is 11.5 Å². The topological polar surface area (TPSA) is 79.8 Å². The van der Waals surface area contributed by atoms with Gasteiger partial charge in [-0.05, 0) is 97.1 Å². The number of hydrogen-bond acceptors (Lipinski definition) is 4. The van der Waals surface area contributed by atoms with Crippen molar-refractivity contribution in [1.82, 2.24) is 27.8 Å². The van der Waals surface area contributed by atoms with E-state index in [1.54, 1.807) is 20.4 Å². The smallest absolute Gasteiger partial charge is 0.119 e. The highest BCUT2D eigenvalue weighted by Crippen LogP contribution is 2.54. The summed E-state index contributed by atoms with van der Waals surface area (Å²) in [5, 5.41) is 21.5. The molecule has 0 unspecified atom stereocenters. The number of hydrogen-bond donors (Lipinski definition) is 0. The minimum atomic E-state index is 0.462. The Balaban J connectivity index is 1.29. The summed E-state index contributed by atoms with van der Waals surface area (Å²) >= 11 is 0. The van der Waals surface area contributed by atoms with Crippen LogP contribution in [0.1, 0.15) is 5.56 Å². The van der Waals surface area contributed by atoms with Crippen LogP contribution in [-0.4, -0.2) is 42.0 Å². The molecule has 6 aromatic heterocycles. The third-order valence-electron chi connectivity index (χ3n) is 17.1. The number of nitriles is 1. The second-order valence-corrected chi connectivity index (χ2v) is 21.2. The van der Waals surface area contributed by atoms with Gasteiger partial charge in [0, 0.05) is 60.1 Å². The zero-order chi connectivity index (χ0) is 55.0. The fourth-order valence-corrected chi connectivity index (χ4v) is 13.7. The van der Waals surface area contributed by atoms with Gasteiger partial charge in [0.25, 0.3) is 0 Å². The fraction of sp³-hybridized carbons (Fsp3) is 0.0270. The molecule has 0 bridgehead atoms. The van der Waals surface area contributed by atoms with Crippen molar-refractivity contribution < 1.29 is 9.47 Å². The molecule has 0 saturated heterocycles. The Bertz CT molecular complexity index is 5100. The molecule has 83 heavy (non-hydrogen) atoms. The molecular weight excluding hydrogens is 1020 g/mol. The minimum absolute atomic E-state index is 0.462. The first-order chi connectivity index (χ1) is 41.1. The number of methoxy groups -OCH3 is 2. The molecule has 0 aliphatic carbocycles. The number of nitrogens with zero attached hydrogens (tertiary/aromatic N) is 7. The standard InChI is InChI=1S/C74H47N7O2/c1-82-46-36-39-67-56(41-46)57-42-47(83-2)37-40-68(57)81(67)74-72(79-63-31-15-7-23-52(63)53-24-8-16-32-64(53)79)70(77-59-27-11-3-19-48(59)49-20-4-12-28-60(49)77)69(58-38-35-45(43-75)44-76-58)71(78-61-29-13-5-21-50(61)51-22-6-14-30-62(51)78)73(74)80-65-33-17-9-25-54(65)55-26-10-18-34-66(55)80/h3-42,44H,1-2H3. The molecule has 0 saturated carbocycles. The van der Waals surface area contributed by atoms with Crippen LogP contribution in [0.4, 0.5) is 0 Å². The van der Waals surface area contributed by atoms with Gasteiger partial charge in [0.1, 0.15) is 17.6 Å². The Morgan fingerprint density at radius 2 is 0.566 bits per heavy atom. The van der Waals surface area contributed by atoms with Crippen LogP contribution < -0.4 is 9.47 Å². The Labute approximate surface area is 475 Å². The lowest BCUT2D eigenvalue weighted by Gasteiger charge is -2.31. The van der Waals surface area contributed by atoms with E-state index < -0.39 is 0 Å². The SMILES string of the molecule is COc1ccc2c(c1)c1cc(OC)ccc1n2-c1c(-n2c3ccccc3c3ccccc32)c(-n2c3ccccc3c3ccccc32)c(-c2ccc(C#N)cn2)c(-n2c3ccccc3c3ccccc32)c1-n1c2ccccc2c2ccccc21. The van der Waals surface area contributed by atoms with Crippen molar-refractivity contribution in [3.05, 3.63) is 254 Å². The van der Waals surface area contributed by atoms with E-state index in [9.17, 15) is 5.26 Å². The lowest BCUT2D eigenvalue weighted by Crippen LogP contribution is -2.18. The predicted molar refractivity (Wildman–Crippen MR) is 339 cm³/mol. The van der Waals surface area contributed by atoms with Crippen LogP contribution in [0, 0.1) is 11.3 Å². The van der Waals surface area contributed by atoms with E-state index in [4.69, 9.17) is 14.5 Å². The van der Waals surface area contributed by atoms with Gasteiger partial charge in [-0.15, -0.1) is 0 Å². The second kappa shape index (κ2) is 17.8. The molecule has 0 aliphatic heterocycles. The highest BCUT2D eigenvalue weighted by atomic mass is 16.5. The Morgan fingerprint density at radius 1 is 0.301 bits per heavy atom. The summed E-state index contributed by atoms with van der Waals surface area (Å²) in [6, 6.07) is 89.5. The zero-order valence-corrected chi connectivity index (χ0v) is 45.1. The molecule has 0 aliphatic rings. The molecule has 9 heteroatoms. The maximum atomic E-state index is 10.6. The molecule has 390 valence electrons. The van der Waals surface area contributed by atoms with Gasteiger partial charge in [-0.3, -0.25) is 4.98 Å². The van der Waals surface area contributed by atoms with Crippen LogP contribution in [0.2, 0.25) is 0 Å². The van der Waals surface area contributed by atoms with Gasteiger partial charge in [0.15, 0.2) is 0 Å². The monoisotopic (exact) mass is 1070 g/mol. The van der Waals surface area contributed by atoms with Crippen molar-refractivity contribution in [3.63, 3.8) is 0 Å². The number of benzene rings is 11. The first-order valence-corrected chi connectivity index (χ1v) is 27.8. The van der Waals surface area contributed by atoms with Gasteiger partial charge in [-0.2, -0.15) is 5.26 Å². The van der Waals surface area contributed by atoms with Crippen LogP contribution in [0.3, 0.4) is 0 Å². The van der Waals surface area contributed by atoms with Crippen molar-refractivity contribution in [2.24, 2.45) is 0 Å². The van der Waals surface area contributed by atoms with Gasteiger partial charge >= 0.3 is 0 Å². The van der Waals surface area contributed by atoms with Crippen LogP contribution in [0.15, 0.2) is 249 Å². The quantitative estimate of drug-likeness (QED) is 0.152. The Kier molecular flexibility index (Phi) is 10.0. The summed E-state index contributed by atoms with van der Waals surface area (Å²) < 4.78 is 24.7. The second-order valence-electron chi connectivity index (χ2n) is 21.2. The average Bonchev–Trinajstić information content (AvgIpc) is 1.82. The third-order valence-corrected chi connectivity index (χ3v) is 17.1. The lowest BCUT2D eigenvalue weighted by atomic mass is 9.97. The van der Waals surface area contributed by atoms with E-state index in [1.807, 2.05) is 12.1 Å². The molecule has 6 heterocycles. The number of para-hydroxylation sites is 8. The van der Waals surface area contributed by atoms with Crippen LogP contribution >= 0.6 is 0 Å². The van der Waals surface area contributed by atoms with Crippen LogP contribution in [0.25, 0.3) is 149 Å². The summed E-state index contributed by atoms with van der Waals surface area (Å²) in [4.78, 5) is 5.50. The molecular formula is C74H47N7O2. The predicted octanol–water partition coefficient (Wildman–Crippen LogP) is 18.1. The largest absolute Gasteiger partial charge is 0.497 e. The molecule has 0 atom stereocenters. The Morgan fingerprint density at radius 3 is 0.831 bits per heavy atom. The maximum absolute atomic E-state index is 10.6. The molecule has 9 nitrogen and oxygen atoms in total. The van der Waals surface area contributed by atoms with E-state index >= 15 is 0 Å². The Hall–Kier alpha value is -11.3. The highest BCUT2D eigenvalue weighted by Gasteiger charge is 2.37. The van der Waals surface area contributed by atoms with E-state index in [0.717, 1.165) is 155 Å². The van der Waals surface area contributed by atoms with E-state index in [1.165, 1.54) is 0 Å².